The summed E-state index contributed by atoms with van der Waals surface area (Å²) in [7, 11) is 0. The molecule has 2 amide bonds. The number of hydrogen-bond donors (Lipinski definition) is 1. The maximum absolute atomic E-state index is 11.9. The Bertz CT molecular complexity index is 614. The summed E-state index contributed by atoms with van der Waals surface area (Å²) < 4.78 is 5.92. The molecule has 0 saturated carbocycles. The van der Waals surface area contributed by atoms with Crippen LogP contribution in [-0.4, -0.2) is 17.4 Å². The number of carbonyl (C=O) groups excluding carboxylic acids is 2. The highest BCUT2D eigenvalue weighted by molar-refractivity contribution is 6.17. The molecule has 0 bridgehead atoms. The molecule has 1 saturated heterocycles. The number of amides is 2. The average molecular weight is 257 g/mol. The van der Waals surface area contributed by atoms with Crippen molar-refractivity contribution in [3.05, 3.63) is 35.4 Å². The van der Waals surface area contributed by atoms with Crippen molar-refractivity contribution in [3.63, 3.8) is 0 Å². The van der Waals surface area contributed by atoms with Crippen LogP contribution in [0.5, 0.6) is 5.75 Å². The third-order valence-electron chi connectivity index (χ3n) is 3.43. The summed E-state index contributed by atoms with van der Waals surface area (Å²) in [5, 5.41) is 2.35. The molecule has 0 unspecified atom stereocenters. The van der Waals surface area contributed by atoms with Gasteiger partial charge in [0.2, 0.25) is 5.91 Å². The highest BCUT2D eigenvalue weighted by Gasteiger charge is 2.35. The maximum Gasteiger partial charge on any atom is 0.254 e. The summed E-state index contributed by atoms with van der Waals surface area (Å²) in [6.07, 6.45) is 0.790. The summed E-state index contributed by atoms with van der Waals surface area (Å²) in [5.74, 6) is 0.273. The van der Waals surface area contributed by atoms with E-state index in [2.05, 4.69) is 5.32 Å². The van der Waals surface area contributed by atoms with Crippen LogP contribution < -0.4 is 10.1 Å². The molecular weight excluding hydrogens is 242 g/mol. The lowest BCUT2D eigenvalue weighted by atomic mass is 9.86. The van der Waals surface area contributed by atoms with E-state index in [1.54, 1.807) is 0 Å². The van der Waals surface area contributed by atoms with Crippen LogP contribution in [0.1, 0.15) is 32.3 Å². The summed E-state index contributed by atoms with van der Waals surface area (Å²) in [4.78, 5) is 23.3. The van der Waals surface area contributed by atoms with E-state index in [0.29, 0.717) is 12.0 Å². The molecule has 2 heterocycles. The smallest absolute Gasteiger partial charge is 0.254 e. The van der Waals surface area contributed by atoms with E-state index in [1.807, 2.05) is 38.1 Å². The first-order valence-electron chi connectivity index (χ1n) is 6.31. The molecule has 2 aliphatic heterocycles. The summed E-state index contributed by atoms with van der Waals surface area (Å²) in [6.45, 7) is 3.97. The number of rotatable bonds is 0. The van der Waals surface area contributed by atoms with Gasteiger partial charge in [0.05, 0.1) is 6.42 Å². The fourth-order valence-corrected chi connectivity index (χ4v) is 2.66. The summed E-state index contributed by atoms with van der Waals surface area (Å²) >= 11 is 0. The minimum Gasteiger partial charge on any atom is -0.487 e. The van der Waals surface area contributed by atoms with Gasteiger partial charge in [0.1, 0.15) is 11.4 Å². The second kappa shape index (κ2) is 3.95. The lowest BCUT2D eigenvalue weighted by Crippen LogP contribution is -2.32. The van der Waals surface area contributed by atoms with E-state index in [9.17, 15) is 9.59 Å². The maximum atomic E-state index is 11.9. The van der Waals surface area contributed by atoms with Crippen molar-refractivity contribution in [2.45, 2.75) is 32.3 Å². The van der Waals surface area contributed by atoms with Crippen LogP contribution >= 0.6 is 0 Å². The van der Waals surface area contributed by atoms with E-state index in [0.717, 1.165) is 16.9 Å². The van der Waals surface area contributed by atoms with Crippen LogP contribution in [-0.2, 0) is 9.59 Å². The minimum atomic E-state index is -0.372. The summed E-state index contributed by atoms with van der Waals surface area (Å²) in [5.41, 5.74) is 2.05. The third-order valence-corrected chi connectivity index (χ3v) is 3.43. The van der Waals surface area contributed by atoms with Crippen molar-refractivity contribution in [2.24, 2.45) is 0 Å². The first-order valence-corrected chi connectivity index (χ1v) is 6.31. The molecule has 0 aliphatic carbocycles. The van der Waals surface area contributed by atoms with Gasteiger partial charge >= 0.3 is 0 Å². The number of ether oxygens (including phenoxy) is 1. The molecule has 0 radical (unpaired) electrons. The highest BCUT2D eigenvalue weighted by atomic mass is 16.5. The molecule has 1 aromatic carbocycles. The van der Waals surface area contributed by atoms with E-state index in [1.165, 1.54) is 0 Å². The van der Waals surface area contributed by atoms with Crippen LogP contribution in [0.25, 0.3) is 5.57 Å². The molecule has 0 atom stereocenters. The topological polar surface area (TPSA) is 55.4 Å². The van der Waals surface area contributed by atoms with Gasteiger partial charge in [-0.15, -0.1) is 0 Å². The van der Waals surface area contributed by atoms with E-state index < -0.39 is 0 Å². The molecule has 0 aromatic heterocycles. The Morgan fingerprint density at radius 2 is 1.89 bits per heavy atom. The van der Waals surface area contributed by atoms with Crippen LogP contribution in [0.15, 0.2) is 29.8 Å². The van der Waals surface area contributed by atoms with Crippen molar-refractivity contribution >= 4 is 17.4 Å². The molecule has 0 spiro atoms. The second-order valence-corrected chi connectivity index (χ2v) is 5.55. The van der Waals surface area contributed by atoms with Gasteiger partial charge in [-0.1, -0.05) is 18.2 Å². The Hall–Kier alpha value is -2.10. The van der Waals surface area contributed by atoms with Gasteiger partial charge in [-0.2, -0.15) is 0 Å². The van der Waals surface area contributed by atoms with Crippen LogP contribution in [0.4, 0.5) is 0 Å². The lowest BCUT2D eigenvalue weighted by molar-refractivity contribution is -0.124. The van der Waals surface area contributed by atoms with Gasteiger partial charge < -0.3 is 4.74 Å². The quantitative estimate of drug-likeness (QED) is 0.571. The van der Waals surface area contributed by atoms with Gasteiger partial charge in [0.15, 0.2) is 0 Å². The molecule has 19 heavy (non-hydrogen) atoms. The fraction of sp³-hybridized carbons (Fsp3) is 0.333. The molecular formula is C15H15NO3. The van der Waals surface area contributed by atoms with E-state index >= 15 is 0 Å². The Kier molecular flexibility index (Phi) is 2.49. The Morgan fingerprint density at radius 3 is 2.58 bits per heavy atom. The normalized spacial score (nSPS) is 24.7. The van der Waals surface area contributed by atoms with Crippen molar-refractivity contribution in [1.29, 1.82) is 0 Å². The molecule has 3 rings (SSSR count). The number of benzene rings is 1. The molecule has 4 nitrogen and oxygen atoms in total. The van der Waals surface area contributed by atoms with Gasteiger partial charge in [0.25, 0.3) is 5.91 Å². The van der Waals surface area contributed by atoms with Crippen molar-refractivity contribution in [2.75, 3.05) is 0 Å². The zero-order valence-corrected chi connectivity index (χ0v) is 10.9. The van der Waals surface area contributed by atoms with Gasteiger partial charge in [-0.3, -0.25) is 14.9 Å². The highest BCUT2D eigenvalue weighted by Crippen LogP contribution is 2.42. The molecule has 1 N–H and O–H groups in total. The molecule has 1 aromatic rings. The van der Waals surface area contributed by atoms with Gasteiger partial charge in [-0.05, 0) is 25.5 Å². The Morgan fingerprint density at radius 1 is 1.16 bits per heavy atom. The average Bonchev–Trinajstić information content (AvgIpc) is 2.66. The zero-order chi connectivity index (χ0) is 13.6. The molecule has 1 fully saturated rings. The predicted molar refractivity (Wildman–Crippen MR) is 70.5 cm³/mol. The number of carbonyl (C=O) groups is 2. The lowest BCUT2D eigenvalue weighted by Gasteiger charge is -2.34. The number of hydrogen-bond acceptors (Lipinski definition) is 3. The summed E-state index contributed by atoms with van der Waals surface area (Å²) in [6, 6.07) is 7.65. The van der Waals surface area contributed by atoms with Crippen molar-refractivity contribution in [1.82, 2.24) is 5.32 Å². The number of nitrogens with one attached hydrogen (secondary N) is 1. The zero-order valence-electron chi connectivity index (χ0n) is 10.9. The number of imide groups is 1. The van der Waals surface area contributed by atoms with Crippen LogP contribution in [0, 0.1) is 0 Å². The third kappa shape index (κ3) is 2.03. The molecule has 2 aliphatic rings. The molecule has 98 valence electrons. The van der Waals surface area contributed by atoms with Crippen LogP contribution in [0.3, 0.4) is 0 Å². The fourth-order valence-electron chi connectivity index (χ4n) is 2.66. The SMILES string of the molecule is CC1(C)C/C(=C2/CC(=O)NC2=O)c2ccccc2O1. The number of para-hydroxylation sites is 1. The van der Waals surface area contributed by atoms with Crippen molar-refractivity contribution < 1.29 is 14.3 Å². The van der Waals surface area contributed by atoms with Crippen LogP contribution in [0.2, 0.25) is 0 Å². The van der Waals surface area contributed by atoms with Gasteiger partial charge in [-0.25, -0.2) is 0 Å². The first kappa shape index (κ1) is 12.0. The largest absolute Gasteiger partial charge is 0.487 e. The van der Waals surface area contributed by atoms with E-state index in [4.69, 9.17) is 4.74 Å². The van der Waals surface area contributed by atoms with Gasteiger partial charge in [0, 0.05) is 17.6 Å². The van der Waals surface area contributed by atoms with E-state index in [-0.39, 0.29) is 23.8 Å². The number of fused-ring (bicyclic) bond motifs is 1. The Labute approximate surface area is 111 Å². The Balaban J connectivity index is 2.19. The van der Waals surface area contributed by atoms with Crippen molar-refractivity contribution in [3.8, 4) is 5.75 Å². The monoisotopic (exact) mass is 257 g/mol. The standard InChI is InChI=1S/C15H15NO3/c1-15(2)8-11(10-7-13(17)16-14(10)18)9-5-3-4-6-12(9)19-15/h3-6H,7-8H2,1-2H3,(H,16,17,18)/b11-10+. The first-order chi connectivity index (χ1) is 8.96. The minimum absolute atomic E-state index is 0.165. The predicted octanol–water partition coefficient (Wildman–Crippen LogP) is 2.05. The molecule has 4 heteroatoms. The second-order valence-electron chi connectivity index (χ2n) is 5.55.